The molecular formula is C19H28N2O4S2. The Bertz CT molecular complexity index is 873. The average molecular weight is 413 g/mol. The van der Waals surface area contributed by atoms with Gasteiger partial charge < -0.3 is 0 Å². The Labute approximate surface area is 162 Å². The maximum atomic E-state index is 12.8. The Balaban J connectivity index is 1.49. The van der Waals surface area contributed by atoms with Gasteiger partial charge in [-0.3, -0.25) is 0 Å². The largest absolute Gasteiger partial charge is 0.243 e. The summed E-state index contributed by atoms with van der Waals surface area (Å²) in [6, 6.07) is 5.71. The van der Waals surface area contributed by atoms with Crippen LogP contribution in [0.25, 0.3) is 0 Å². The van der Waals surface area contributed by atoms with Crippen molar-refractivity contribution >= 4 is 20.0 Å². The smallest absolute Gasteiger partial charge is 0.208 e. The van der Waals surface area contributed by atoms with Crippen molar-refractivity contribution in [2.75, 3.05) is 13.1 Å². The molecule has 1 saturated heterocycles. The first kappa shape index (κ1) is 19.4. The standard InChI is InChI=1S/C19H28N2O4S2/c22-26(23,20-19-14-15-5-6-16(19)13-15)17-7-9-18(10-8-17)27(24,25)21-11-3-1-2-4-12-21/h7-10,15-16,19-20H,1-6,11-14H2/t15-,16+,19+/m1/s1. The van der Waals surface area contributed by atoms with Gasteiger partial charge >= 0.3 is 0 Å². The first-order valence-electron chi connectivity index (χ1n) is 9.99. The normalized spacial score (nSPS) is 29.7. The Morgan fingerprint density at radius 3 is 2.00 bits per heavy atom. The Morgan fingerprint density at radius 1 is 0.815 bits per heavy atom. The van der Waals surface area contributed by atoms with E-state index in [2.05, 4.69) is 4.72 Å². The van der Waals surface area contributed by atoms with E-state index >= 15 is 0 Å². The molecule has 2 saturated carbocycles. The van der Waals surface area contributed by atoms with Crippen molar-refractivity contribution in [1.29, 1.82) is 0 Å². The van der Waals surface area contributed by atoms with E-state index in [-0.39, 0.29) is 15.8 Å². The van der Waals surface area contributed by atoms with Crippen molar-refractivity contribution in [2.45, 2.75) is 67.2 Å². The zero-order chi connectivity index (χ0) is 19.1. The van der Waals surface area contributed by atoms with Crippen molar-refractivity contribution in [3.63, 3.8) is 0 Å². The second-order valence-corrected chi connectivity index (χ2v) is 11.8. The van der Waals surface area contributed by atoms with Gasteiger partial charge in [-0.05, 0) is 68.2 Å². The number of benzene rings is 1. The minimum atomic E-state index is -3.62. The molecule has 2 bridgehead atoms. The third-order valence-corrected chi connectivity index (χ3v) is 9.80. The average Bonchev–Trinajstić information content (AvgIpc) is 3.14. The van der Waals surface area contributed by atoms with Gasteiger partial charge in [-0.1, -0.05) is 19.3 Å². The summed E-state index contributed by atoms with van der Waals surface area (Å²) in [6.07, 6.45) is 8.22. The number of hydrogen-bond acceptors (Lipinski definition) is 4. The summed E-state index contributed by atoms with van der Waals surface area (Å²) in [7, 11) is -7.18. The summed E-state index contributed by atoms with van der Waals surface area (Å²) >= 11 is 0. The third-order valence-electron chi connectivity index (χ3n) is 6.38. The van der Waals surface area contributed by atoms with Crippen LogP contribution in [0.5, 0.6) is 0 Å². The van der Waals surface area contributed by atoms with Crippen LogP contribution >= 0.6 is 0 Å². The van der Waals surface area contributed by atoms with E-state index in [4.69, 9.17) is 0 Å². The van der Waals surface area contributed by atoms with E-state index in [1.165, 1.54) is 35.0 Å². The molecule has 1 heterocycles. The molecule has 8 heteroatoms. The van der Waals surface area contributed by atoms with Crippen molar-refractivity contribution in [3.05, 3.63) is 24.3 Å². The zero-order valence-electron chi connectivity index (χ0n) is 15.5. The minimum Gasteiger partial charge on any atom is -0.208 e. The summed E-state index contributed by atoms with van der Waals surface area (Å²) in [5.41, 5.74) is 0. The molecule has 27 heavy (non-hydrogen) atoms. The van der Waals surface area contributed by atoms with Crippen LogP contribution < -0.4 is 4.72 Å². The molecule has 0 aromatic heterocycles. The van der Waals surface area contributed by atoms with Crippen LogP contribution in [0.15, 0.2) is 34.1 Å². The van der Waals surface area contributed by atoms with E-state index in [0.717, 1.165) is 44.9 Å². The van der Waals surface area contributed by atoms with Crippen LogP contribution in [-0.2, 0) is 20.0 Å². The second kappa shape index (κ2) is 7.46. The van der Waals surface area contributed by atoms with Crippen LogP contribution in [0.4, 0.5) is 0 Å². The van der Waals surface area contributed by atoms with Gasteiger partial charge in [0.2, 0.25) is 20.0 Å². The third kappa shape index (κ3) is 3.95. The first-order valence-corrected chi connectivity index (χ1v) is 12.9. The topological polar surface area (TPSA) is 83.5 Å². The summed E-state index contributed by atoms with van der Waals surface area (Å²) in [6.45, 7) is 1.07. The molecule has 4 rings (SSSR count). The zero-order valence-corrected chi connectivity index (χ0v) is 17.1. The van der Waals surface area contributed by atoms with E-state index in [0.29, 0.717) is 24.9 Å². The van der Waals surface area contributed by atoms with Gasteiger partial charge in [-0.2, -0.15) is 4.31 Å². The molecule has 0 unspecified atom stereocenters. The van der Waals surface area contributed by atoms with Gasteiger partial charge in [0.25, 0.3) is 0 Å². The van der Waals surface area contributed by atoms with E-state index in [1.807, 2.05) is 0 Å². The van der Waals surface area contributed by atoms with Gasteiger partial charge in [0.15, 0.2) is 0 Å². The minimum absolute atomic E-state index is 0.0225. The van der Waals surface area contributed by atoms with Gasteiger partial charge in [0.05, 0.1) is 9.79 Å². The molecule has 6 nitrogen and oxygen atoms in total. The molecule has 0 spiro atoms. The molecule has 150 valence electrons. The quantitative estimate of drug-likeness (QED) is 0.806. The SMILES string of the molecule is O=S(=O)(N[C@H]1C[C@@H]2CC[C@H]1C2)c1ccc(S(=O)(=O)N2CCCCCC2)cc1. The molecule has 3 aliphatic rings. The predicted octanol–water partition coefficient (Wildman–Crippen LogP) is 2.72. The molecule has 2 aliphatic carbocycles. The molecular weight excluding hydrogens is 384 g/mol. The lowest BCUT2D eigenvalue weighted by Crippen LogP contribution is -2.38. The lowest BCUT2D eigenvalue weighted by molar-refractivity contribution is 0.390. The number of hydrogen-bond donors (Lipinski definition) is 1. The van der Waals surface area contributed by atoms with Crippen molar-refractivity contribution in [2.24, 2.45) is 11.8 Å². The maximum Gasteiger partial charge on any atom is 0.243 e. The van der Waals surface area contributed by atoms with Gasteiger partial charge in [0.1, 0.15) is 0 Å². The fraction of sp³-hybridized carbons (Fsp3) is 0.684. The summed E-state index contributed by atoms with van der Waals surface area (Å²) < 4.78 is 55.4. The number of fused-ring (bicyclic) bond motifs is 2. The Kier molecular flexibility index (Phi) is 5.35. The van der Waals surface area contributed by atoms with Crippen molar-refractivity contribution < 1.29 is 16.8 Å². The summed E-state index contributed by atoms with van der Waals surface area (Å²) in [5.74, 6) is 1.11. The van der Waals surface area contributed by atoms with Crippen LogP contribution in [0.3, 0.4) is 0 Å². The van der Waals surface area contributed by atoms with E-state index in [9.17, 15) is 16.8 Å². The summed E-state index contributed by atoms with van der Waals surface area (Å²) in [4.78, 5) is 0.309. The fourth-order valence-corrected chi connectivity index (χ4v) is 7.71. The van der Waals surface area contributed by atoms with Gasteiger partial charge in [-0.15, -0.1) is 0 Å². The number of sulfonamides is 2. The lowest BCUT2D eigenvalue weighted by atomic mass is 9.96. The highest BCUT2D eigenvalue weighted by Crippen LogP contribution is 2.44. The van der Waals surface area contributed by atoms with E-state index < -0.39 is 20.0 Å². The molecule has 1 aromatic rings. The molecule has 1 aliphatic heterocycles. The van der Waals surface area contributed by atoms with Crippen LogP contribution in [-0.4, -0.2) is 40.3 Å². The second-order valence-electron chi connectivity index (χ2n) is 8.19. The highest BCUT2D eigenvalue weighted by atomic mass is 32.2. The number of rotatable bonds is 5. The lowest BCUT2D eigenvalue weighted by Gasteiger charge is -2.23. The maximum absolute atomic E-state index is 12.8. The Morgan fingerprint density at radius 2 is 1.44 bits per heavy atom. The molecule has 3 fully saturated rings. The van der Waals surface area contributed by atoms with Gasteiger partial charge in [0, 0.05) is 19.1 Å². The molecule has 3 atom stereocenters. The predicted molar refractivity (Wildman–Crippen MR) is 103 cm³/mol. The molecule has 0 radical (unpaired) electrons. The molecule has 0 amide bonds. The van der Waals surface area contributed by atoms with Crippen LogP contribution in [0.2, 0.25) is 0 Å². The Hall–Kier alpha value is -0.960. The van der Waals surface area contributed by atoms with Crippen LogP contribution in [0, 0.1) is 11.8 Å². The summed E-state index contributed by atoms with van der Waals surface area (Å²) in [5, 5.41) is 0. The highest BCUT2D eigenvalue weighted by molar-refractivity contribution is 7.89. The van der Waals surface area contributed by atoms with Crippen molar-refractivity contribution in [1.82, 2.24) is 9.03 Å². The fourth-order valence-electron chi connectivity index (χ4n) is 4.88. The highest BCUT2D eigenvalue weighted by Gasteiger charge is 2.41. The van der Waals surface area contributed by atoms with Crippen molar-refractivity contribution in [3.8, 4) is 0 Å². The molecule has 1 N–H and O–H groups in total. The van der Waals surface area contributed by atoms with Gasteiger partial charge in [-0.25, -0.2) is 21.6 Å². The number of nitrogens with one attached hydrogen (secondary N) is 1. The first-order chi connectivity index (χ1) is 12.9. The van der Waals surface area contributed by atoms with E-state index in [1.54, 1.807) is 0 Å². The van der Waals surface area contributed by atoms with Crippen LogP contribution in [0.1, 0.15) is 51.4 Å². The number of nitrogens with zero attached hydrogens (tertiary/aromatic N) is 1. The molecule has 1 aromatic carbocycles. The monoisotopic (exact) mass is 412 g/mol.